The molecule has 1 atom stereocenters. The van der Waals surface area contributed by atoms with Crippen LogP contribution in [0.25, 0.3) is 0 Å². The Kier molecular flexibility index (Phi) is 5.82. The van der Waals surface area contributed by atoms with Gasteiger partial charge in [0.1, 0.15) is 11.8 Å². The number of hydrogen-bond donors (Lipinski definition) is 0. The lowest BCUT2D eigenvalue weighted by molar-refractivity contribution is -0.144. The summed E-state index contributed by atoms with van der Waals surface area (Å²) < 4.78 is 6.24. The lowest BCUT2D eigenvalue weighted by Gasteiger charge is -2.44. The number of ether oxygens (including phenoxy) is 1. The SMILES string of the molecule is CCC(=O)N1CCC2(CC1)OC[C@H](C(=O)N1CCCC1)N2C(=O)c1ccc(C)cc1. The van der Waals surface area contributed by atoms with Crippen molar-refractivity contribution in [2.45, 2.75) is 57.7 Å². The van der Waals surface area contributed by atoms with E-state index in [2.05, 4.69) is 0 Å². The number of rotatable bonds is 3. The fraction of sp³-hybridized carbons (Fsp3) is 0.609. The van der Waals surface area contributed by atoms with Crippen LogP contribution in [-0.4, -0.2) is 77.0 Å². The summed E-state index contributed by atoms with van der Waals surface area (Å²) in [6.45, 7) is 6.62. The first-order valence-corrected chi connectivity index (χ1v) is 11.1. The molecule has 1 aromatic rings. The van der Waals surface area contributed by atoms with E-state index in [1.807, 2.05) is 47.9 Å². The van der Waals surface area contributed by atoms with Crippen LogP contribution in [-0.2, 0) is 14.3 Å². The molecule has 3 aliphatic heterocycles. The zero-order chi connectivity index (χ0) is 21.3. The Morgan fingerprint density at radius 1 is 1.00 bits per heavy atom. The Morgan fingerprint density at radius 2 is 1.63 bits per heavy atom. The maximum absolute atomic E-state index is 13.6. The van der Waals surface area contributed by atoms with E-state index in [-0.39, 0.29) is 24.3 Å². The molecule has 7 nitrogen and oxygen atoms in total. The van der Waals surface area contributed by atoms with E-state index in [1.165, 1.54) is 0 Å². The maximum Gasteiger partial charge on any atom is 0.256 e. The molecule has 0 radical (unpaired) electrons. The fourth-order valence-corrected chi connectivity index (χ4v) is 4.87. The monoisotopic (exact) mass is 413 g/mol. The van der Waals surface area contributed by atoms with Gasteiger partial charge < -0.3 is 14.5 Å². The van der Waals surface area contributed by atoms with E-state index in [9.17, 15) is 14.4 Å². The number of aryl methyl sites for hydroxylation is 1. The third-order valence-corrected chi connectivity index (χ3v) is 6.68. The summed E-state index contributed by atoms with van der Waals surface area (Å²) in [5.74, 6) is -0.0684. The second-order valence-corrected chi connectivity index (χ2v) is 8.58. The number of nitrogens with zero attached hydrogens (tertiary/aromatic N) is 3. The highest BCUT2D eigenvalue weighted by Crippen LogP contribution is 2.39. The van der Waals surface area contributed by atoms with Gasteiger partial charge in [-0.05, 0) is 31.9 Å². The van der Waals surface area contributed by atoms with Gasteiger partial charge in [-0.2, -0.15) is 0 Å². The lowest BCUT2D eigenvalue weighted by Crippen LogP contribution is -2.60. The number of carbonyl (C=O) groups is 3. The average molecular weight is 414 g/mol. The predicted molar refractivity (Wildman–Crippen MR) is 112 cm³/mol. The molecule has 3 fully saturated rings. The molecular formula is C23H31N3O4. The van der Waals surface area contributed by atoms with Gasteiger partial charge >= 0.3 is 0 Å². The predicted octanol–water partition coefficient (Wildman–Crippen LogP) is 2.19. The minimum absolute atomic E-state index is 0.0168. The van der Waals surface area contributed by atoms with Gasteiger partial charge in [0.25, 0.3) is 5.91 Å². The van der Waals surface area contributed by atoms with Gasteiger partial charge in [0, 0.05) is 51.0 Å². The zero-order valence-electron chi connectivity index (χ0n) is 17.9. The molecule has 3 aliphatic rings. The van der Waals surface area contributed by atoms with Crippen LogP contribution in [0, 0.1) is 6.92 Å². The Bertz CT molecular complexity index is 808. The van der Waals surface area contributed by atoms with Crippen molar-refractivity contribution >= 4 is 17.7 Å². The number of piperidine rings is 1. The first-order chi connectivity index (χ1) is 14.4. The third kappa shape index (κ3) is 3.71. The molecule has 3 saturated heterocycles. The molecule has 3 amide bonds. The summed E-state index contributed by atoms with van der Waals surface area (Å²) in [6.07, 6.45) is 3.53. The van der Waals surface area contributed by atoms with Crippen molar-refractivity contribution in [3.8, 4) is 0 Å². The first-order valence-electron chi connectivity index (χ1n) is 11.1. The fourth-order valence-electron chi connectivity index (χ4n) is 4.87. The van der Waals surface area contributed by atoms with Gasteiger partial charge in [-0.3, -0.25) is 19.3 Å². The highest BCUT2D eigenvalue weighted by atomic mass is 16.5. The van der Waals surface area contributed by atoms with Crippen molar-refractivity contribution < 1.29 is 19.1 Å². The van der Waals surface area contributed by atoms with E-state index in [1.54, 1.807) is 4.90 Å². The van der Waals surface area contributed by atoms with Crippen LogP contribution in [0.5, 0.6) is 0 Å². The van der Waals surface area contributed by atoms with Crippen molar-refractivity contribution in [3.05, 3.63) is 35.4 Å². The molecule has 3 heterocycles. The molecule has 1 aromatic carbocycles. The number of carbonyl (C=O) groups excluding carboxylic acids is 3. The van der Waals surface area contributed by atoms with Gasteiger partial charge in [0.15, 0.2) is 0 Å². The van der Waals surface area contributed by atoms with Gasteiger partial charge in [-0.15, -0.1) is 0 Å². The molecule has 1 spiro atoms. The minimum Gasteiger partial charge on any atom is -0.353 e. The summed E-state index contributed by atoms with van der Waals surface area (Å²) in [4.78, 5) is 44.4. The van der Waals surface area contributed by atoms with Crippen LogP contribution in [0.2, 0.25) is 0 Å². The Labute approximate surface area is 177 Å². The van der Waals surface area contributed by atoms with Crippen LogP contribution >= 0.6 is 0 Å². The number of amides is 3. The molecule has 30 heavy (non-hydrogen) atoms. The molecule has 0 unspecified atom stereocenters. The lowest BCUT2D eigenvalue weighted by atomic mass is 9.96. The van der Waals surface area contributed by atoms with Crippen LogP contribution in [0.3, 0.4) is 0 Å². The van der Waals surface area contributed by atoms with Crippen LogP contribution < -0.4 is 0 Å². The number of hydrogen-bond acceptors (Lipinski definition) is 4. The normalized spacial score (nSPS) is 23.3. The molecular weight excluding hydrogens is 382 g/mol. The van der Waals surface area contributed by atoms with Crippen LogP contribution in [0.15, 0.2) is 24.3 Å². The molecule has 0 bridgehead atoms. The summed E-state index contributed by atoms with van der Waals surface area (Å²) in [5, 5.41) is 0. The van der Waals surface area contributed by atoms with E-state index >= 15 is 0 Å². The Balaban J connectivity index is 1.62. The molecule has 0 saturated carbocycles. The third-order valence-electron chi connectivity index (χ3n) is 6.68. The van der Waals surface area contributed by atoms with Crippen molar-refractivity contribution in [1.82, 2.24) is 14.7 Å². The summed E-state index contributed by atoms with van der Waals surface area (Å²) in [6, 6.07) is 6.85. The second-order valence-electron chi connectivity index (χ2n) is 8.58. The second kappa shape index (κ2) is 8.38. The van der Waals surface area contributed by atoms with Gasteiger partial charge in [-0.1, -0.05) is 24.6 Å². The standard InChI is InChI=1S/C23H31N3O4/c1-3-20(27)24-14-10-23(11-15-24)26(21(28)18-8-6-17(2)7-9-18)19(16-30-23)22(29)25-12-4-5-13-25/h6-9,19H,3-5,10-16H2,1-2H3/t19-/m1/s1. The van der Waals surface area contributed by atoms with Crippen LogP contribution in [0.4, 0.5) is 0 Å². The summed E-state index contributed by atoms with van der Waals surface area (Å²) >= 11 is 0. The molecule has 0 N–H and O–H groups in total. The number of likely N-dealkylation sites (tertiary alicyclic amines) is 2. The highest BCUT2D eigenvalue weighted by Gasteiger charge is 2.54. The number of benzene rings is 1. The topological polar surface area (TPSA) is 70.2 Å². The van der Waals surface area contributed by atoms with Crippen LogP contribution in [0.1, 0.15) is 54.9 Å². The first kappa shape index (κ1) is 20.8. The van der Waals surface area contributed by atoms with Crippen molar-refractivity contribution in [1.29, 1.82) is 0 Å². The zero-order valence-corrected chi connectivity index (χ0v) is 17.9. The molecule has 4 rings (SSSR count). The summed E-state index contributed by atoms with van der Waals surface area (Å²) in [5.41, 5.74) is 0.818. The van der Waals surface area contributed by atoms with E-state index in [0.717, 1.165) is 31.5 Å². The highest BCUT2D eigenvalue weighted by molar-refractivity contribution is 5.98. The Morgan fingerprint density at radius 3 is 2.23 bits per heavy atom. The molecule has 7 heteroatoms. The average Bonchev–Trinajstić information content (AvgIpc) is 3.42. The van der Waals surface area contributed by atoms with Crippen molar-refractivity contribution in [3.63, 3.8) is 0 Å². The van der Waals surface area contributed by atoms with E-state index in [4.69, 9.17) is 4.74 Å². The molecule has 162 valence electrons. The largest absolute Gasteiger partial charge is 0.353 e. The Hall–Kier alpha value is -2.41. The van der Waals surface area contributed by atoms with E-state index < -0.39 is 11.8 Å². The maximum atomic E-state index is 13.6. The molecule has 0 aliphatic carbocycles. The van der Waals surface area contributed by atoms with Gasteiger partial charge in [0.2, 0.25) is 11.8 Å². The van der Waals surface area contributed by atoms with Crippen molar-refractivity contribution in [2.75, 3.05) is 32.8 Å². The quantitative estimate of drug-likeness (QED) is 0.762. The molecule has 0 aromatic heterocycles. The van der Waals surface area contributed by atoms with Gasteiger partial charge in [0.05, 0.1) is 6.61 Å². The van der Waals surface area contributed by atoms with E-state index in [0.29, 0.717) is 37.9 Å². The smallest absolute Gasteiger partial charge is 0.256 e. The summed E-state index contributed by atoms with van der Waals surface area (Å²) in [7, 11) is 0. The van der Waals surface area contributed by atoms with Gasteiger partial charge in [-0.25, -0.2) is 0 Å². The minimum atomic E-state index is -0.827. The van der Waals surface area contributed by atoms with Crippen molar-refractivity contribution in [2.24, 2.45) is 0 Å².